The minimum atomic E-state index is -0.0664. The maximum atomic E-state index is 6.23. The monoisotopic (exact) mass is 281 g/mol. The Bertz CT molecular complexity index is 538. The lowest BCUT2D eigenvalue weighted by Crippen LogP contribution is -2.12. The van der Waals surface area contributed by atoms with Crippen LogP contribution in [-0.4, -0.2) is 7.11 Å². The first-order valence-corrected chi connectivity index (χ1v) is 6.99. The number of thiophene rings is 1. The normalized spacial score (nSPS) is 12.4. The summed E-state index contributed by atoms with van der Waals surface area (Å²) in [5.74, 6) is 0.855. The van der Waals surface area contributed by atoms with Crippen molar-refractivity contribution >= 4 is 22.9 Å². The molecule has 0 spiro atoms. The number of aryl methyl sites for hydroxylation is 1. The number of hydrogen-bond donors (Lipinski definition) is 1. The van der Waals surface area contributed by atoms with Crippen molar-refractivity contribution in [1.29, 1.82) is 0 Å². The second kappa shape index (κ2) is 5.74. The van der Waals surface area contributed by atoms with Crippen LogP contribution in [0.5, 0.6) is 5.75 Å². The van der Waals surface area contributed by atoms with Gasteiger partial charge in [-0.1, -0.05) is 23.7 Å². The molecule has 2 N–H and O–H groups in total. The van der Waals surface area contributed by atoms with Crippen LogP contribution in [-0.2, 0) is 6.42 Å². The van der Waals surface area contributed by atoms with E-state index in [1.807, 2.05) is 30.5 Å². The molecule has 0 fully saturated rings. The Balaban J connectivity index is 2.15. The van der Waals surface area contributed by atoms with Crippen molar-refractivity contribution in [1.82, 2.24) is 0 Å². The minimum Gasteiger partial charge on any atom is -0.497 e. The van der Waals surface area contributed by atoms with Gasteiger partial charge >= 0.3 is 0 Å². The number of ether oxygens (including phenoxy) is 1. The number of benzene rings is 1. The van der Waals surface area contributed by atoms with E-state index >= 15 is 0 Å². The lowest BCUT2D eigenvalue weighted by atomic mass is 10.0. The van der Waals surface area contributed by atoms with Crippen LogP contribution >= 0.6 is 22.9 Å². The fourth-order valence-electron chi connectivity index (χ4n) is 1.85. The van der Waals surface area contributed by atoms with Gasteiger partial charge in [-0.25, -0.2) is 0 Å². The highest BCUT2D eigenvalue weighted by atomic mass is 35.5. The van der Waals surface area contributed by atoms with E-state index in [9.17, 15) is 0 Å². The van der Waals surface area contributed by atoms with Crippen LogP contribution in [0.1, 0.15) is 22.0 Å². The number of hydrogen-bond acceptors (Lipinski definition) is 3. The van der Waals surface area contributed by atoms with E-state index in [0.717, 1.165) is 33.2 Å². The van der Waals surface area contributed by atoms with Crippen LogP contribution in [0.15, 0.2) is 29.6 Å². The summed E-state index contributed by atoms with van der Waals surface area (Å²) in [5, 5.41) is 2.85. The van der Waals surface area contributed by atoms with Gasteiger partial charge in [0, 0.05) is 10.9 Å². The second-order valence-corrected chi connectivity index (χ2v) is 5.55. The molecule has 1 unspecified atom stereocenters. The molecule has 0 radical (unpaired) electrons. The maximum Gasteiger partial charge on any atom is 0.119 e. The zero-order chi connectivity index (χ0) is 13.1. The topological polar surface area (TPSA) is 35.2 Å². The Kier molecular flexibility index (Phi) is 4.27. The van der Waals surface area contributed by atoms with Crippen LogP contribution in [0.2, 0.25) is 5.02 Å². The van der Waals surface area contributed by atoms with Crippen LogP contribution in [0.3, 0.4) is 0 Å². The van der Waals surface area contributed by atoms with Crippen molar-refractivity contribution < 1.29 is 4.74 Å². The summed E-state index contributed by atoms with van der Waals surface area (Å²) < 4.78 is 5.21. The first kappa shape index (κ1) is 13.4. The molecule has 0 aliphatic carbocycles. The summed E-state index contributed by atoms with van der Waals surface area (Å²) in [6, 6.07) is 7.90. The van der Waals surface area contributed by atoms with Gasteiger partial charge in [-0.05, 0) is 42.0 Å². The molecule has 0 saturated carbocycles. The number of halogens is 1. The summed E-state index contributed by atoms with van der Waals surface area (Å²) in [5.41, 5.74) is 8.47. The molecule has 0 aliphatic rings. The molecular formula is C14H16ClNOS. The lowest BCUT2D eigenvalue weighted by Gasteiger charge is -2.11. The van der Waals surface area contributed by atoms with E-state index in [2.05, 4.69) is 6.07 Å². The quantitative estimate of drug-likeness (QED) is 0.921. The Morgan fingerprint density at radius 2 is 2.22 bits per heavy atom. The van der Waals surface area contributed by atoms with Gasteiger partial charge in [-0.3, -0.25) is 0 Å². The van der Waals surface area contributed by atoms with Crippen molar-refractivity contribution in [2.45, 2.75) is 19.4 Å². The molecule has 1 aromatic heterocycles. The van der Waals surface area contributed by atoms with E-state index in [4.69, 9.17) is 22.1 Å². The molecule has 18 heavy (non-hydrogen) atoms. The highest BCUT2D eigenvalue weighted by Gasteiger charge is 2.14. The molecule has 2 rings (SSSR count). The molecule has 0 bridgehead atoms. The smallest absolute Gasteiger partial charge is 0.119 e. The van der Waals surface area contributed by atoms with Gasteiger partial charge in [0.05, 0.1) is 12.1 Å². The van der Waals surface area contributed by atoms with Crippen LogP contribution in [0.4, 0.5) is 0 Å². The predicted octanol–water partition coefficient (Wildman–Crippen LogP) is 3.96. The molecule has 2 aromatic rings. The van der Waals surface area contributed by atoms with Crippen molar-refractivity contribution in [3.05, 3.63) is 50.7 Å². The Morgan fingerprint density at radius 3 is 2.83 bits per heavy atom. The zero-order valence-electron chi connectivity index (χ0n) is 10.4. The molecular weight excluding hydrogens is 266 g/mol. The van der Waals surface area contributed by atoms with Gasteiger partial charge in [0.1, 0.15) is 5.75 Å². The third-order valence-electron chi connectivity index (χ3n) is 2.85. The van der Waals surface area contributed by atoms with Gasteiger partial charge in [-0.15, -0.1) is 11.3 Å². The van der Waals surface area contributed by atoms with Crippen LogP contribution < -0.4 is 10.5 Å². The Labute approximate surface area is 116 Å². The summed E-state index contributed by atoms with van der Waals surface area (Å²) in [4.78, 5) is 1.05. The highest BCUT2D eigenvalue weighted by Crippen LogP contribution is 2.33. The molecule has 0 aliphatic heterocycles. The van der Waals surface area contributed by atoms with Gasteiger partial charge in [0.2, 0.25) is 0 Å². The van der Waals surface area contributed by atoms with E-state index in [1.165, 1.54) is 0 Å². The molecule has 96 valence electrons. The Hall–Kier alpha value is -1.03. The fraction of sp³-hybridized carbons (Fsp3) is 0.286. The van der Waals surface area contributed by atoms with E-state index in [0.29, 0.717) is 0 Å². The number of rotatable bonds is 4. The minimum absolute atomic E-state index is 0.0664. The number of nitrogens with two attached hydrogens (primary N) is 1. The summed E-state index contributed by atoms with van der Waals surface area (Å²) in [6.45, 7) is 2.00. The highest BCUT2D eigenvalue weighted by molar-refractivity contribution is 7.10. The van der Waals surface area contributed by atoms with Crippen molar-refractivity contribution in [3.63, 3.8) is 0 Å². The molecule has 4 heteroatoms. The average Bonchev–Trinajstić information content (AvgIpc) is 2.70. The SMILES string of the molecule is COc1cccc(CC(N)c2scc(C)c2Cl)c1. The van der Waals surface area contributed by atoms with Gasteiger partial charge < -0.3 is 10.5 Å². The molecule has 1 atom stereocenters. The molecule has 2 nitrogen and oxygen atoms in total. The van der Waals surface area contributed by atoms with Crippen molar-refractivity contribution in [2.75, 3.05) is 7.11 Å². The maximum absolute atomic E-state index is 6.23. The van der Waals surface area contributed by atoms with Crippen molar-refractivity contribution in [2.24, 2.45) is 5.73 Å². The van der Waals surface area contributed by atoms with Crippen LogP contribution in [0.25, 0.3) is 0 Å². The third kappa shape index (κ3) is 2.86. The molecule has 0 saturated heterocycles. The van der Waals surface area contributed by atoms with E-state index < -0.39 is 0 Å². The first-order chi connectivity index (χ1) is 8.61. The molecule has 0 amide bonds. The first-order valence-electron chi connectivity index (χ1n) is 5.74. The predicted molar refractivity (Wildman–Crippen MR) is 77.7 cm³/mol. The summed E-state index contributed by atoms with van der Waals surface area (Å²) in [6.07, 6.45) is 0.761. The average molecular weight is 282 g/mol. The van der Waals surface area contributed by atoms with Gasteiger partial charge in [0.25, 0.3) is 0 Å². The number of methoxy groups -OCH3 is 1. The van der Waals surface area contributed by atoms with Gasteiger partial charge in [-0.2, -0.15) is 0 Å². The third-order valence-corrected chi connectivity index (χ3v) is 4.70. The largest absolute Gasteiger partial charge is 0.497 e. The fourth-order valence-corrected chi connectivity index (χ4v) is 3.18. The molecule has 1 heterocycles. The van der Waals surface area contributed by atoms with E-state index in [1.54, 1.807) is 18.4 Å². The molecule has 1 aromatic carbocycles. The van der Waals surface area contributed by atoms with E-state index in [-0.39, 0.29) is 6.04 Å². The van der Waals surface area contributed by atoms with Crippen LogP contribution in [0, 0.1) is 6.92 Å². The lowest BCUT2D eigenvalue weighted by molar-refractivity contribution is 0.414. The summed E-state index contributed by atoms with van der Waals surface area (Å²) >= 11 is 7.86. The van der Waals surface area contributed by atoms with Crippen molar-refractivity contribution in [3.8, 4) is 5.75 Å². The zero-order valence-corrected chi connectivity index (χ0v) is 12.0. The Morgan fingerprint density at radius 1 is 1.44 bits per heavy atom. The van der Waals surface area contributed by atoms with Gasteiger partial charge in [0.15, 0.2) is 0 Å². The summed E-state index contributed by atoms with van der Waals surface area (Å²) in [7, 11) is 1.67. The second-order valence-electron chi connectivity index (χ2n) is 4.26. The standard InChI is InChI=1S/C14H16ClNOS/c1-9-8-18-14(13(9)15)12(16)7-10-4-3-5-11(6-10)17-2/h3-6,8,12H,7,16H2,1-2H3.